The molecular weight excluding hydrogens is 308 g/mol. The zero-order chi connectivity index (χ0) is 16.1. The summed E-state index contributed by atoms with van der Waals surface area (Å²) in [5.41, 5.74) is 0.162. The molecule has 1 atom stereocenters. The quantitative estimate of drug-likeness (QED) is 0.636. The van der Waals surface area contributed by atoms with Crippen molar-refractivity contribution in [1.82, 2.24) is 5.32 Å². The number of rotatable bonds is 6. The Kier molecular flexibility index (Phi) is 4.84. The van der Waals surface area contributed by atoms with E-state index in [2.05, 4.69) is 5.32 Å². The van der Waals surface area contributed by atoms with Crippen LogP contribution in [0.1, 0.15) is 27.7 Å². The maximum Gasteiger partial charge on any atom is 0.269 e. The molecule has 114 valence electrons. The number of hydrogen-bond acceptors (Lipinski definition) is 6. The number of nitro benzene ring substituents is 1. The van der Waals surface area contributed by atoms with E-state index in [1.165, 1.54) is 35.6 Å². The van der Waals surface area contributed by atoms with Crippen LogP contribution in [0, 0.1) is 10.1 Å². The Balaban J connectivity index is 2.26. The van der Waals surface area contributed by atoms with Crippen molar-refractivity contribution in [3.8, 4) is 0 Å². The summed E-state index contributed by atoms with van der Waals surface area (Å²) in [7, 11) is 0. The molecule has 1 aromatic carbocycles. The van der Waals surface area contributed by atoms with Gasteiger partial charge in [0.1, 0.15) is 0 Å². The molecular formula is C14H11N2O5S-. The van der Waals surface area contributed by atoms with Gasteiger partial charge in [-0.1, -0.05) is 18.2 Å². The third-order valence-corrected chi connectivity index (χ3v) is 3.77. The Bertz CT molecular complexity index is 699. The lowest BCUT2D eigenvalue weighted by Crippen LogP contribution is -2.34. The van der Waals surface area contributed by atoms with Crippen molar-refractivity contribution in [3.05, 3.63) is 62.3 Å². The molecule has 0 aliphatic rings. The number of hydrogen-bond donors (Lipinski definition) is 1. The highest BCUT2D eigenvalue weighted by Gasteiger charge is 2.19. The van der Waals surface area contributed by atoms with E-state index in [0.717, 1.165) is 0 Å². The number of aliphatic carboxylic acids is 1. The Labute approximate surface area is 129 Å². The van der Waals surface area contributed by atoms with Gasteiger partial charge in [-0.25, -0.2) is 0 Å². The first-order valence-corrected chi connectivity index (χ1v) is 7.14. The summed E-state index contributed by atoms with van der Waals surface area (Å²) >= 11 is 1.21. The van der Waals surface area contributed by atoms with Crippen LogP contribution >= 0.6 is 11.3 Å². The van der Waals surface area contributed by atoms with Gasteiger partial charge >= 0.3 is 0 Å². The monoisotopic (exact) mass is 319 g/mol. The predicted molar refractivity (Wildman–Crippen MR) is 77.2 cm³/mol. The number of benzene rings is 1. The van der Waals surface area contributed by atoms with Crippen LogP contribution in [0.3, 0.4) is 0 Å². The van der Waals surface area contributed by atoms with Crippen molar-refractivity contribution in [2.45, 2.75) is 12.5 Å². The minimum Gasteiger partial charge on any atom is -0.550 e. The van der Waals surface area contributed by atoms with Crippen molar-refractivity contribution in [2.75, 3.05) is 0 Å². The molecule has 0 radical (unpaired) electrons. The normalized spacial score (nSPS) is 11.6. The largest absolute Gasteiger partial charge is 0.550 e. The maximum absolute atomic E-state index is 12.0. The molecule has 22 heavy (non-hydrogen) atoms. The molecule has 0 saturated heterocycles. The molecule has 1 N–H and O–H groups in total. The molecule has 1 heterocycles. The van der Waals surface area contributed by atoms with E-state index in [4.69, 9.17) is 0 Å². The van der Waals surface area contributed by atoms with E-state index in [-0.39, 0.29) is 5.69 Å². The molecule has 7 nitrogen and oxygen atoms in total. The lowest BCUT2D eigenvalue weighted by Gasteiger charge is -2.19. The molecule has 2 aromatic rings. The van der Waals surface area contributed by atoms with E-state index in [1.807, 2.05) is 0 Å². The van der Waals surface area contributed by atoms with Crippen LogP contribution in [0.4, 0.5) is 5.69 Å². The third-order valence-electron chi connectivity index (χ3n) is 2.90. The fraction of sp³-hybridized carbons (Fsp3) is 0.143. The van der Waals surface area contributed by atoms with E-state index >= 15 is 0 Å². The summed E-state index contributed by atoms with van der Waals surface area (Å²) in [6.45, 7) is 0. The number of carboxylic acids is 1. The minimum atomic E-state index is -1.36. The molecule has 1 aromatic heterocycles. The third kappa shape index (κ3) is 3.89. The van der Waals surface area contributed by atoms with Gasteiger partial charge in [0, 0.05) is 24.5 Å². The summed E-state index contributed by atoms with van der Waals surface area (Å²) in [6, 6.07) is 7.88. The summed E-state index contributed by atoms with van der Waals surface area (Å²) < 4.78 is 0. The van der Waals surface area contributed by atoms with Gasteiger partial charge in [0.05, 0.1) is 15.8 Å². The van der Waals surface area contributed by atoms with Gasteiger partial charge in [0.15, 0.2) is 0 Å². The molecule has 0 saturated carbocycles. The number of non-ortho nitro benzene ring substituents is 1. The fourth-order valence-electron chi connectivity index (χ4n) is 1.91. The Morgan fingerprint density at radius 1 is 1.27 bits per heavy atom. The molecule has 0 aliphatic heterocycles. The first-order chi connectivity index (χ1) is 10.5. The van der Waals surface area contributed by atoms with Crippen molar-refractivity contribution >= 4 is 28.9 Å². The van der Waals surface area contributed by atoms with Crippen LogP contribution in [-0.2, 0) is 4.79 Å². The van der Waals surface area contributed by atoms with Crippen molar-refractivity contribution in [3.63, 3.8) is 0 Å². The van der Waals surface area contributed by atoms with Crippen LogP contribution < -0.4 is 10.4 Å². The molecule has 0 unspecified atom stereocenters. The van der Waals surface area contributed by atoms with Crippen LogP contribution in [0.15, 0.2) is 41.8 Å². The Morgan fingerprint density at radius 2 is 2.05 bits per heavy atom. The van der Waals surface area contributed by atoms with Gasteiger partial charge in [0.25, 0.3) is 11.6 Å². The smallest absolute Gasteiger partial charge is 0.269 e. The molecule has 0 aliphatic carbocycles. The molecule has 0 spiro atoms. The highest BCUT2D eigenvalue weighted by atomic mass is 32.1. The van der Waals surface area contributed by atoms with Crippen LogP contribution in [0.2, 0.25) is 0 Å². The van der Waals surface area contributed by atoms with Gasteiger partial charge in [-0.2, -0.15) is 0 Å². The summed E-state index contributed by atoms with van der Waals surface area (Å²) in [6.07, 6.45) is -0.474. The van der Waals surface area contributed by atoms with Gasteiger partial charge in [-0.05, 0) is 17.0 Å². The fourth-order valence-corrected chi connectivity index (χ4v) is 2.54. The van der Waals surface area contributed by atoms with E-state index in [9.17, 15) is 24.8 Å². The second-order valence-electron chi connectivity index (χ2n) is 4.43. The number of amides is 1. The topological polar surface area (TPSA) is 112 Å². The lowest BCUT2D eigenvalue weighted by atomic mass is 10.0. The number of carbonyl (C=O) groups excluding carboxylic acids is 2. The Hall–Kier alpha value is -2.74. The minimum absolute atomic E-state index is 0.175. The second-order valence-corrected chi connectivity index (χ2v) is 5.38. The first-order valence-electron chi connectivity index (χ1n) is 6.26. The lowest BCUT2D eigenvalue weighted by molar-refractivity contribution is -0.385. The second kappa shape index (κ2) is 6.81. The van der Waals surface area contributed by atoms with Crippen LogP contribution in [0.25, 0.3) is 0 Å². The molecule has 2 rings (SSSR count). The van der Waals surface area contributed by atoms with Gasteiger partial charge in [-0.15, -0.1) is 11.3 Å². The number of nitro groups is 1. The summed E-state index contributed by atoms with van der Waals surface area (Å²) in [5, 5.41) is 26.0. The molecule has 8 heteroatoms. The average molecular weight is 319 g/mol. The average Bonchev–Trinajstić information content (AvgIpc) is 3.00. The van der Waals surface area contributed by atoms with E-state index < -0.39 is 29.3 Å². The maximum atomic E-state index is 12.0. The summed E-state index contributed by atoms with van der Waals surface area (Å²) in [5.74, 6) is -1.80. The van der Waals surface area contributed by atoms with Crippen LogP contribution in [0.5, 0.6) is 0 Å². The zero-order valence-corrected chi connectivity index (χ0v) is 12.0. The zero-order valence-electron chi connectivity index (χ0n) is 11.2. The number of thiophene rings is 1. The van der Waals surface area contributed by atoms with E-state index in [1.54, 1.807) is 17.5 Å². The van der Waals surface area contributed by atoms with Crippen molar-refractivity contribution in [2.24, 2.45) is 0 Å². The van der Waals surface area contributed by atoms with Crippen molar-refractivity contribution in [1.29, 1.82) is 0 Å². The Morgan fingerprint density at radius 3 is 2.64 bits per heavy atom. The van der Waals surface area contributed by atoms with Crippen LogP contribution in [-0.4, -0.2) is 16.8 Å². The molecule has 1 amide bonds. The number of nitrogens with zero attached hydrogens (tertiary/aromatic N) is 1. The molecule has 0 fully saturated rings. The van der Waals surface area contributed by atoms with Gasteiger partial charge in [0.2, 0.25) is 0 Å². The highest BCUT2D eigenvalue weighted by Crippen LogP contribution is 2.22. The standard InChI is InChI=1S/C14H12N2O5S/c17-13(18)8-11(15-14(19)12-5-2-6-22-12)9-3-1-4-10(7-9)16(20)21/h1-7,11H,8H2,(H,15,19)(H,17,18)/p-1/t11-/m0/s1. The number of nitrogens with one attached hydrogen (secondary N) is 1. The van der Waals surface area contributed by atoms with Gasteiger partial charge < -0.3 is 15.2 Å². The number of carboxylic acid groups (broad SMARTS) is 1. The first kappa shape index (κ1) is 15.6. The van der Waals surface area contributed by atoms with Gasteiger partial charge in [-0.3, -0.25) is 14.9 Å². The predicted octanol–water partition coefficient (Wildman–Crippen LogP) is 1.27. The van der Waals surface area contributed by atoms with E-state index in [0.29, 0.717) is 10.4 Å². The number of carbonyl (C=O) groups is 2. The van der Waals surface area contributed by atoms with Crippen molar-refractivity contribution < 1.29 is 19.6 Å². The summed E-state index contributed by atoms with van der Waals surface area (Å²) in [4.78, 5) is 33.6. The SMILES string of the molecule is O=C([O-])C[C@H](NC(=O)c1cccs1)c1cccc([N+](=O)[O-])c1. The highest BCUT2D eigenvalue weighted by molar-refractivity contribution is 7.12. The molecule has 0 bridgehead atoms.